The number of fused-ring (bicyclic) bond motifs is 1. The normalized spacial score (nSPS) is 22.4. The zero-order valence-corrected chi connectivity index (χ0v) is 12.4. The third kappa shape index (κ3) is 2.74. The summed E-state index contributed by atoms with van der Waals surface area (Å²) in [7, 11) is 1.14. The largest absolute Gasteiger partial charge is 0.356 e. The maximum Gasteiger partial charge on any atom is 0.161 e. The number of benzene rings is 1. The van der Waals surface area contributed by atoms with E-state index in [0.29, 0.717) is 28.2 Å². The molecular weight excluding hydrogens is 296 g/mol. The third-order valence-corrected chi connectivity index (χ3v) is 5.28. The first-order valence-electron chi connectivity index (χ1n) is 6.74. The Labute approximate surface area is 123 Å². The summed E-state index contributed by atoms with van der Waals surface area (Å²) in [6.07, 6.45) is 2.96. The zero-order chi connectivity index (χ0) is 15.0. The van der Waals surface area contributed by atoms with Gasteiger partial charge in [-0.15, -0.1) is 0 Å². The highest BCUT2D eigenvalue weighted by molar-refractivity contribution is 7.85. The first-order chi connectivity index (χ1) is 10.1. The molecule has 7 heteroatoms. The topological polar surface area (TPSA) is 46.1 Å². The number of nitrogens with zero attached hydrogens (tertiary/aromatic N) is 3. The summed E-state index contributed by atoms with van der Waals surface area (Å²) in [5.41, 5.74) is 0.380. The lowest BCUT2D eigenvalue weighted by atomic mass is 10.1. The predicted molar refractivity (Wildman–Crippen MR) is 78.8 cm³/mol. The van der Waals surface area contributed by atoms with Gasteiger partial charge in [-0.3, -0.25) is 4.21 Å². The molecule has 0 spiro atoms. The van der Waals surface area contributed by atoms with Crippen molar-refractivity contribution in [1.82, 2.24) is 9.97 Å². The molecule has 2 heterocycles. The molecule has 4 nitrogen and oxygen atoms in total. The number of rotatable bonds is 2. The minimum absolute atomic E-state index is 0.203. The number of hydrogen-bond acceptors (Lipinski definition) is 4. The van der Waals surface area contributed by atoms with Crippen LogP contribution in [0.25, 0.3) is 10.9 Å². The highest BCUT2D eigenvalue weighted by Crippen LogP contribution is 2.28. The van der Waals surface area contributed by atoms with Gasteiger partial charge in [0, 0.05) is 46.8 Å². The van der Waals surface area contributed by atoms with Crippen molar-refractivity contribution < 1.29 is 13.0 Å². The van der Waals surface area contributed by atoms with Crippen LogP contribution in [0.2, 0.25) is 0 Å². The Kier molecular flexibility index (Phi) is 3.84. The van der Waals surface area contributed by atoms with E-state index in [1.807, 2.05) is 11.9 Å². The van der Waals surface area contributed by atoms with Crippen LogP contribution in [0.4, 0.5) is 14.6 Å². The second kappa shape index (κ2) is 5.63. The molecule has 0 saturated carbocycles. The average molecular weight is 311 g/mol. The third-order valence-electron chi connectivity index (χ3n) is 3.90. The van der Waals surface area contributed by atoms with Crippen molar-refractivity contribution in [2.75, 3.05) is 23.5 Å². The Morgan fingerprint density at radius 3 is 2.57 bits per heavy atom. The van der Waals surface area contributed by atoms with Crippen molar-refractivity contribution >= 4 is 27.5 Å². The zero-order valence-electron chi connectivity index (χ0n) is 11.6. The Morgan fingerprint density at radius 2 is 1.86 bits per heavy atom. The van der Waals surface area contributed by atoms with Crippen LogP contribution < -0.4 is 4.90 Å². The van der Waals surface area contributed by atoms with Crippen molar-refractivity contribution in [3.8, 4) is 0 Å². The van der Waals surface area contributed by atoms with Gasteiger partial charge < -0.3 is 4.90 Å². The second-order valence-corrected chi connectivity index (χ2v) is 6.87. The van der Waals surface area contributed by atoms with Crippen molar-refractivity contribution in [3.63, 3.8) is 0 Å². The Bertz CT molecular complexity index is 700. The molecule has 1 fully saturated rings. The van der Waals surface area contributed by atoms with Crippen LogP contribution in [0.1, 0.15) is 12.8 Å². The quantitative estimate of drug-likeness (QED) is 0.853. The standard InChI is InChI=1S/C14H15F2N3OS/c1-19(9-2-4-21(20)5-3-9)14-10-6-11(15)12(16)7-13(10)17-8-18-14/h6-9H,2-5H2,1H3. The molecule has 3 rings (SSSR count). The minimum atomic E-state index is -0.914. The molecule has 1 aliphatic heterocycles. The van der Waals surface area contributed by atoms with Gasteiger partial charge in [-0.05, 0) is 18.9 Å². The monoisotopic (exact) mass is 311 g/mol. The predicted octanol–water partition coefficient (Wildman–Crippen LogP) is 2.26. The van der Waals surface area contributed by atoms with Crippen molar-refractivity contribution in [1.29, 1.82) is 0 Å². The van der Waals surface area contributed by atoms with Gasteiger partial charge in [-0.25, -0.2) is 18.7 Å². The highest BCUT2D eigenvalue weighted by Gasteiger charge is 2.24. The Balaban J connectivity index is 1.99. The summed E-state index contributed by atoms with van der Waals surface area (Å²) < 4.78 is 38.2. The first kappa shape index (κ1) is 14.3. The summed E-state index contributed by atoms with van der Waals surface area (Å²) in [4.78, 5) is 10.2. The molecule has 0 radical (unpaired) electrons. The summed E-state index contributed by atoms with van der Waals surface area (Å²) in [5, 5.41) is 0.491. The highest BCUT2D eigenvalue weighted by atomic mass is 32.2. The number of hydrogen-bond donors (Lipinski definition) is 0. The van der Waals surface area contributed by atoms with Gasteiger partial charge in [0.15, 0.2) is 11.6 Å². The molecule has 0 N–H and O–H groups in total. The van der Waals surface area contributed by atoms with E-state index >= 15 is 0 Å². The molecule has 0 atom stereocenters. The smallest absolute Gasteiger partial charge is 0.161 e. The molecule has 0 bridgehead atoms. The van der Waals surface area contributed by atoms with Crippen LogP contribution in [-0.4, -0.2) is 38.8 Å². The Morgan fingerprint density at radius 1 is 1.19 bits per heavy atom. The maximum atomic E-state index is 13.5. The summed E-state index contributed by atoms with van der Waals surface area (Å²) in [6, 6.07) is 2.42. The van der Waals surface area contributed by atoms with Gasteiger partial charge in [-0.2, -0.15) is 0 Å². The summed E-state index contributed by atoms with van der Waals surface area (Å²) >= 11 is 0. The number of halogens is 2. The first-order valence-corrected chi connectivity index (χ1v) is 8.22. The molecule has 21 heavy (non-hydrogen) atoms. The molecule has 112 valence electrons. The van der Waals surface area contributed by atoms with E-state index < -0.39 is 22.4 Å². The molecule has 1 aromatic heterocycles. The van der Waals surface area contributed by atoms with Crippen LogP contribution in [0.15, 0.2) is 18.5 Å². The van der Waals surface area contributed by atoms with E-state index in [1.54, 1.807) is 0 Å². The van der Waals surface area contributed by atoms with Crippen LogP contribution in [-0.2, 0) is 10.8 Å². The average Bonchev–Trinajstić information content (AvgIpc) is 2.48. The van der Waals surface area contributed by atoms with Crippen LogP contribution >= 0.6 is 0 Å². The van der Waals surface area contributed by atoms with Gasteiger partial charge >= 0.3 is 0 Å². The Hall–Kier alpha value is -1.63. The number of anilines is 1. The fourth-order valence-corrected chi connectivity index (χ4v) is 3.93. The lowest BCUT2D eigenvalue weighted by Crippen LogP contribution is -2.38. The van der Waals surface area contributed by atoms with Crippen molar-refractivity contribution in [2.24, 2.45) is 0 Å². The van der Waals surface area contributed by atoms with Crippen LogP contribution in [0, 0.1) is 11.6 Å². The van der Waals surface area contributed by atoms with E-state index in [0.717, 1.165) is 25.0 Å². The second-order valence-electron chi connectivity index (χ2n) is 5.17. The van der Waals surface area contributed by atoms with Gasteiger partial charge in [-0.1, -0.05) is 0 Å². The van der Waals surface area contributed by atoms with E-state index in [1.165, 1.54) is 6.33 Å². The minimum Gasteiger partial charge on any atom is -0.356 e. The number of aromatic nitrogens is 2. The van der Waals surface area contributed by atoms with Gasteiger partial charge in [0.2, 0.25) is 0 Å². The summed E-state index contributed by atoms with van der Waals surface area (Å²) in [5.74, 6) is 0.0957. The lowest BCUT2D eigenvalue weighted by molar-refractivity contribution is 0.510. The van der Waals surface area contributed by atoms with Crippen LogP contribution in [0.5, 0.6) is 0 Å². The lowest BCUT2D eigenvalue weighted by Gasteiger charge is -2.32. The molecule has 1 saturated heterocycles. The van der Waals surface area contributed by atoms with Gasteiger partial charge in [0.25, 0.3) is 0 Å². The molecular formula is C14H15F2N3OS. The van der Waals surface area contributed by atoms with E-state index in [-0.39, 0.29) is 6.04 Å². The maximum absolute atomic E-state index is 13.5. The molecule has 2 aromatic rings. The van der Waals surface area contributed by atoms with E-state index in [2.05, 4.69) is 9.97 Å². The van der Waals surface area contributed by atoms with Gasteiger partial charge in [0.05, 0.1) is 5.52 Å². The molecule has 1 aromatic carbocycles. The molecule has 0 amide bonds. The fourth-order valence-electron chi connectivity index (χ4n) is 2.66. The molecule has 0 aliphatic carbocycles. The molecule has 0 unspecified atom stereocenters. The van der Waals surface area contributed by atoms with Crippen molar-refractivity contribution in [2.45, 2.75) is 18.9 Å². The van der Waals surface area contributed by atoms with Gasteiger partial charge in [0.1, 0.15) is 12.1 Å². The van der Waals surface area contributed by atoms with E-state index in [9.17, 15) is 13.0 Å². The summed E-state index contributed by atoms with van der Waals surface area (Å²) in [6.45, 7) is 0. The SMILES string of the molecule is CN(c1ncnc2cc(F)c(F)cc12)C1CCS(=O)CC1. The van der Waals surface area contributed by atoms with Crippen LogP contribution in [0.3, 0.4) is 0 Å². The fraction of sp³-hybridized carbons (Fsp3) is 0.429. The molecule has 1 aliphatic rings. The van der Waals surface area contributed by atoms with E-state index in [4.69, 9.17) is 0 Å². The van der Waals surface area contributed by atoms with Crippen molar-refractivity contribution in [3.05, 3.63) is 30.1 Å².